The molecule has 0 bridgehead atoms. The summed E-state index contributed by atoms with van der Waals surface area (Å²) in [5, 5.41) is 0. The van der Waals surface area contributed by atoms with E-state index in [1.807, 2.05) is 13.2 Å². The van der Waals surface area contributed by atoms with Crippen LogP contribution >= 0.6 is 0 Å². The van der Waals surface area contributed by atoms with Crippen molar-refractivity contribution in [2.75, 3.05) is 7.11 Å². The molecular weight excluding hydrogens is 256 g/mol. The second-order valence-electron chi connectivity index (χ2n) is 6.55. The van der Waals surface area contributed by atoms with E-state index in [4.69, 9.17) is 4.74 Å². The molecule has 0 aliphatic rings. The van der Waals surface area contributed by atoms with Crippen molar-refractivity contribution in [2.45, 2.75) is 104 Å². The van der Waals surface area contributed by atoms with Crippen molar-refractivity contribution in [3.8, 4) is 0 Å². The minimum atomic E-state index is 0.0550. The highest BCUT2D eigenvalue weighted by Gasteiger charge is 2.27. The number of hydrogen-bond donors (Lipinski definition) is 0. The molecule has 1 nitrogen and oxygen atoms in total. The second-order valence-corrected chi connectivity index (χ2v) is 6.55. The summed E-state index contributed by atoms with van der Waals surface area (Å²) in [5.41, 5.74) is 0.0550. The van der Waals surface area contributed by atoms with Crippen LogP contribution in [0.3, 0.4) is 0 Å². The summed E-state index contributed by atoms with van der Waals surface area (Å²) in [6, 6.07) is 0. The van der Waals surface area contributed by atoms with Gasteiger partial charge in [-0.05, 0) is 39.0 Å². The fourth-order valence-electron chi connectivity index (χ4n) is 2.53. The van der Waals surface area contributed by atoms with Crippen LogP contribution in [0.5, 0.6) is 0 Å². The lowest BCUT2D eigenvalue weighted by atomic mass is 9.83. The predicted molar refractivity (Wildman–Crippen MR) is 98.0 cm³/mol. The van der Waals surface area contributed by atoms with Crippen LogP contribution in [0, 0.1) is 5.92 Å². The minimum Gasteiger partial charge on any atom is -0.379 e. The van der Waals surface area contributed by atoms with Gasteiger partial charge in [-0.15, -0.1) is 6.58 Å². The fourth-order valence-corrected chi connectivity index (χ4v) is 2.53. The van der Waals surface area contributed by atoms with Crippen molar-refractivity contribution in [1.29, 1.82) is 0 Å². The summed E-state index contributed by atoms with van der Waals surface area (Å²) in [5.74, 6) is 0.726. The second kappa shape index (κ2) is 16.1. The van der Waals surface area contributed by atoms with Crippen molar-refractivity contribution in [1.82, 2.24) is 0 Å². The third-order valence-corrected chi connectivity index (χ3v) is 4.34. The molecule has 128 valence electrons. The maximum atomic E-state index is 5.65. The van der Waals surface area contributed by atoms with Crippen molar-refractivity contribution in [3.05, 3.63) is 12.7 Å². The van der Waals surface area contributed by atoms with Gasteiger partial charge in [0.05, 0.1) is 5.60 Å². The van der Waals surface area contributed by atoms with Crippen LogP contribution in [0.15, 0.2) is 12.7 Å². The molecule has 0 radical (unpaired) electrons. The average Bonchev–Trinajstić information content (AvgIpc) is 2.49. The lowest BCUT2D eigenvalue weighted by Crippen LogP contribution is -2.33. The Balaban J connectivity index is 0. The lowest BCUT2D eigenvalue weighted by Gasteiger charge is -2.33. The molecule has 0 saturated carbocycles. The van der Waals surface area contributed by atoms with E-state index < -0.39 is 0 Å². The van der Waals surface area contributed by atoms with Gasteiger partial charge < -0.3 is 4.74 Å². The summed E-state index contributed by atoms with van der Waals surface area (Å²) >= 11 is 0. The first-order chi connectivity index (χ1) is 9.99. The standard InChI is InChI=1S/C16H34O.C4H8/c1-6-8-9-10-11-12-14-15(13-7-2)16(3,4)17-5;1-3-4-2/h15H,6-14H2,1-5H3;3H,1,4H2,2H3. The summed E-state index contributed by atoms with van der Waals surface area (Å²) in [7, 11) is 1.85. The highest BCUT2D eigenvalue weighted by molar-refractivity contribution is 4.78. The van der Waals surface area contributed by atoms with Gasteiger partial charge in [-0.3, -0.25) is 0 Å². The van der Waals surface area contributed by atoms with E-state index in [-0.39, 0.29) is 5.60 Å². The molecular formula is C20H42O. The molecule has 0 aliphatic carbocycles. The summed E-state index contributed by atoms with van der Waals surface area (Å²) in [6.07, 6.45) is 15.2. The van der Waals surface area contributed by atoms with Crippen LogP contribution in [0.4, 0.5) is 0 Å². The van der Waals surface area contributed by atoms with Crippen molar-refractivity contribution >= 4 is 0 Å². The molecule has 0 aliphatic heterocycles. The van der Waals surface area contributed by atoms with Crippen molar-refractivity contribution in [3.63, 3.8) is 0 Å². The third kappa shape index (κ3) is 14.4. The minimum absolute atomic E-state index is 0.0550. The Morgan fingerprint density at radius 2 is 1.43 bits per heavy atom. The monoisotopic (exact) mass is 298 g/mol. The van der Waals surface area contributed by atoms with Gasteiger partial charge in [0, 0.05) is 7.11 Å². The normalized spacial score (nSPS) is 12.5. The van der Waals surface area contributed by atoms with Crippen LogP contribution < -0.4 is 0 Å². The summed E-state index contributed by atoms with van der Waals surface area (Å²) < 4.78 is 5.65. The molecule has 0 heterocycles. The molecule has 0 aromatic rings. The van der Waals surface area contributed by atoms with E-state index >= 15 is 0 Å². The number of unbranched alkanes of at least 4 members (excludes halogenated alkanes) is 5. The lowest BCUT2D eigenvalue weighted by molar-refractivity contribution is -0.0347. The van der Waals surface area contributed by atoms with E-state index in [2.05, 4.69) is 41.2 Å². The SMILES string of the molecule is C=CCC.CCCCCCCCC(CCC)C(C)(C)OC. The van der Waals surface area contributed by atoms with Gasteiger partial charge in [-0.25, -0.2) is 0 Å². The Labute approximate surface area is 135 Å². The quantitative estimate of drug-likeness (QED) is 0.274. The van der Waals surface area contributed by atoms with E-state index in [0.717, 1.165) is 12.3 Å². The molecule has 1 unspecified atom stereocenters. The average molecular weight is 299 g/mol. The maximum absolute atomic E-state index is 5.65. The van der Waals surface area contributed by atoms with Crippen LogP contribution in [-0.2, 0) is 4.74 Å². The molecule has 0 saturated heterocycles. The molecule has 0 amide bonds. The zero-order valence-corrected chi connectivity index (χ0v) is 15.8. The van der Waals surface area contributed by atoms with Gasteiger partial charge in [0.15, 0.2) is 0 Å². The van der Waals surface area contributed by atoms with Crippen molar-refractivity contribution in [2.24, 2.45) is 5.92 Å². The zero-order valence-electron chi connectivity index (χ0n) is 15.8. The van der Waals surface area contributed by atoms with Gasteiger partial charge in [-0.2, -0.15) is 0 Å². The fraction of sp³-hybridized carbons (Fsp3) is 0.900. The molecule has 1 atom stereocenters. The van der Waals surface area contributed by atoms with Crippen molar-refractivity contribution < 1.29 is 4.74 Å². The number of methoxy groups -OCH3 is 1. The molecule has 21 heavy (non-hydrogen) atoms. The molecule has 0 N–H and O–H groups in total. The first-order valence-electron chi connectivity index (χ1n) is 9.16. The Kier molecular flexibility index (Phi) is 17.6. The molecule has 0 aromatic carbocycles. The summed E-state index contributed by atoms with van der Waals surface area (Å²) in [6.45, 7) is 14.6. The highest BCUT2D eigenvalue weighted by atomic mass is 16.5. The maximum Gasteiger partial charge on any atom is 0.0650 e. The first-order valence-corrected chi connectivity index (χ1v) is 9.16. The smallest absolute Gasteiger partial charge is 0.0650 e. The Hall–Kier alpha value is -0.300. The number of rotatable bonds is 12. The largest absolute Gasteiger partial charge is 0.379 e. The zero-order chi connectivity index (χ0) is 16.6. The molecule has 0 aromatic heterocycles. The van der Waals surface area contributed by atoms with Gasteiger partial charge in [-0.1, -0.05) is 71.8 Å². The third-order valence-electron chi connectivity index (χ3n) is 4.34. The van der Waals surface area contributed by atoms with E-state index in [1.54, 1.807) is 0 Å². The Morgan fingerprint density at radius 3 is 1.86 bits per heavy atom. The summed E-state index contributed by atoms with van der Waals surface area (Å²) in [4.78, 5) is 0. The van der Waals surface area contributed by atoms with E-state index in [0.29, 0.717) is 0 Å². The Bertz CT molecular complexity index is 208. The molecule has 0 spiro atoms. The van der Waals surface area contributed by atoms with Gasteiger partial charge in [0.2, 0.25) is 0 Å². The first kappa shape index (κ1) is 23.0. The van der Waals surface area contributed by atoms with Gasteiger partial charge in [0.25, 0.3) is 0 Å². The van der Waals surface area contributed by atoms with Crippen LogP contribution in [0.25, 0.3) is 0 Å². The number of ether oxygens (including phenoxy) is 1. The number of allylic oxidation sites excluding steroid dienone is 1. The highest BCUT2D eigenvalue weighted by Crippen LogP contribution is 2.30. The number of hydrogen-bond acceptors (Lipinski definition) is 1. The predicted octanol–water partition coefficient (Wildman–Crippen LogP) is 7.16. The topological polar surface area (TPSA) is 9.23 Å². The Morgan fingerprint density at radius 1 is 0.905 bits per heavy atom. The van der Waals surface area contributed by atoms with E-state index in [1.165, 1.54) is 57.8 Å². The van der Waals surface area contributed by atoms with Gasteiger partial charge in [0.1, 0.15) is 0 Å². The van der Waals surface area contributed by atoms with E-state index in [9.17, 15) is 0 Å². The molecule has 1 heteroatoms. The van der Waals surface area contributed by atoms with Crippen LogP contribution in [0.1, 0.15) is 98.8 Å². The van der Waals surface area contributed by atoms with Crippen LogP contribution in [-0.4, -0.2) is 12.7 Å². The molecule has 0 fully saturated rings. The van der Waals surface area contributed by atoms with Gasteiger partial charge >= 0.3 is 0 Å². The van der Waals surface area contributed by atoms with Crippen LogP contribution in [0.2, 0.25) is 0 Å². The molecule has 0 rings (SSSR count).